The fraction of sp³-hybridized carbons (Fsp3) is 0.231. The Kier molecular flexibility index (Phi) is 10.1. The quantitative estimate of drug-likeness (QED) is 0.164. The van der Waals surface area contributed by atoms with Gasteiger partial charge in [0.2, 0.25) is 17.1 Å². The van der Waals surface area contributed by atoms with Gasteiger partial charge in [-0.1, -0.05) is 36.4 Å². The Bertz CT molecular complexity index is 6050. The Morgan fingerprint density at radius 1 is 0.322 bits per heavy atom. The second-order valence-corrected chi connectivity index (χ2v) is 23.6. The van der Waals surface area contributed by atoms with Crippen LogP contribution >= 0.6 is 0 Å². The molecule has 0 saturated heterocycles. The van der Waals surface area contributed by atoms with Crippen molar-refractivity contribution in [3.63, 3.8) is 0 Å². The van der Waals surface area contributed by atoms with E-state index in [1.54, 1.807) is 69.2 Å². The van der Waals surface area contributed by atoms with Crippen molar-refractivity contribution in [2.75, 3.05) is 0 Å². The molecule has 15 aromatic rings. The first-order valence-corrected chi connectivity index (χ1v) is 28.9. The first-order valence-electron chi connectivity index (χ1n) is 36.4. The molecule has 0 atom stereocenters. The number of rotatable bonds is 3. The van der Waals surface area contributed by atoms with Gasteiger partial charge in [0.15, 0.2) is 18.6 Å². The normalized spacial score (nSPS) is 15.1. The minimum atomic E-state index is -2.35. The number of nitrogens with zero attached hydrogens (tertiary/aromatic N) is 6. The fourth-order valence-corrected chi connectivity index (χ4v) is 12.3. The minimum absolute atomic E-state index is 0.227. The Morgan fingerprint density at radius 2 is 0.793 bits per heavy atom. The van der Waals surface area contributed by atoms with Gasteiger partial charge in [0.05, 0.1) is 33.2 Å². The van der Waals surface area contributed by atoms with Crippen molar-refractivity contribution in [3.05, 3.63) is 212 Å². The Hall–Kier alpha value is -9.60. The highest BCUT2D eigenvalue weighted by molar-refractivity contribution is 6.16. The average Bonchev–Trinajstić information content (AvgIpc) is 1.56. The van der Waals surface area contributed by atoms with E-state index in [1.807, 2.05) is 125 Å². The van der Waals surface area contributed by atoms with Crippen LogP contribution in [0.15, 0.2) is 141 Å². The van der Waals surface area contributed by atoms with Gasteiger partial charge in [-0.3, -0.25) is 15.0 Å². The number of benzene rings is 6. The molecular weight excluding hydrogens is 1070 g/mol. The van der Waals surface area contributed by atoms with E-state index in [0.717, 1.165) is 127 Å². The molecule has 0 radical (unpaired) electrons. The molecule has 6 aromatic carbocycles. The largest absolute Gasteiger partial charge is 0.455 e. The average molecular weight is 1160 g/mol. The summed E-state index contributed by atoms with van der Waals surface area (Å²) in [4.78, 5) is 13.9. The molecule has 0 spiro atoms. The van der Waals surface area contributed by atoms with E-state index in [1.165, 1.54) is 0 Å². The van der Waals surface area contributed by atoms with Crippen molar-refractivity contribution in [2.24, 2.45) is 21.1 Å². The third-order valence-electron chi connectivity index (χ3n) is 17.2. The molecule has 0 bridgehead atoms. The number of furan rings is 3. The lowest BCUT2D eigenvalue weighted by molar-refractivity contribution is -0.660. The molecule has 0 N–H and O–H groups in total. The number of aromatic nitrogens is 6. The van der Waals surface area contributed by atoms with Gasteiger partial charge >= 0.3 is 0 Å². The predicted octanol–water partition coefficient (Wildman–Crippen LogP) is 18.5. The summed E-state index contributed by atoms with van der Waals surface area (Å²) in [5, 5.41) is 7.58. The Morgan fingerprint density at radius 3 is 1.34 bits per heavy atom. The van der Waals surface area contributed by atoms with Gasteiger partial charge in [-0.15, -0.1) is 0 Å². The summed E-state index contributed by atoms with van der Waals surface area (Å²) < 4.78 is 144. The second kappa shape index (κ2) is 21.1. The van der Waals surface area contributed by atoms with Gasteiger partial charge in [-0.05, 0) is 190 Å². The van der Waals surface area contributed by atoms with Crippen molar-refractivity contribution < 1.29 is 47.5 Å². The Balaban J connectivity index is 0.000000137. The number of fused-ring (bicyclic) bond motifs is 12. The molecule has 9 heteroatoms. The van der Waals surface area contributed by atoms with Crippen molar-refractivity contribution in [3.8, 4) is 33.8 Å². The first kappa shape index (κ1) is 41.5. The first-order chi connectivity index (χ1) is 47.5. The van der Waals surface area contributed by atoms with E-state index in [0.29, 0.717) is 72.0 Å². The third kappa shape index (κ3) is 9.64. The van der Waals surface area contributed by atoms with Crippen molar-refractivity contribution in [1.82, 2.24) is 15.0 Å². The maximum atomic E-state index is 8.22. The van der Waals surface area contributed by atoms with Crippen LogP contribution in [-0.4, -0.2) is 15.0 Å². The van der Waals surface area contributed by atoms with E-state index in [-0.39, 0.29) is 16.7 Å². The van der Waals surface area contributed by atoms with E-state index in [4.69, 9.17) is 38.8 Å². The summed E-state index contributed by atoms with van der Waals surface area (Å²) in [5.74, 6) is 0. The molecule has 0 amide bonds. The van der Waals surface area contributed by atoms with Gasteiger partial charge in [0.1, 0.15) is 54.6 Å². The van der Waals surface area contributed by atoms with Crippen LogP contribution < -0.4 is 13.7 Å². The summed E-state index contributed by atoms with van der Waals surface area (Å²) in [5.41, 5.74) is 21.2. The molecule has 432 valence electrons. The van der Waals surface area contributed by atoms with E-state index in [9.17, 15) is 0 Å². The van der Waals surface area contributed by atoms with Gasteiger partial charge in [-0.2, -0.15) is 0 Å². The summed E-state index contributed by atoms with van der Waals surface area (Å²) >= 11 is 0. The smallest absolute Gasteiger partial charge is 0.216 e. The standard InChI is InChI=1S/3C26H25N2O/c1-14-10-22(28(6)13-17(14)4)25-16(3)9-15(2)24-20-11-19-8-7-18(5)27-21(19)12-23(20)29-26(24)25;1-14-7-8-20-21-11-19-9-16(3)18(5)27-22(19)12-24(21)29-26(20)25(14)23-10-15(2)17(4)13-28(23)6;1-14-7-8-19-21-11-20-16(3)9-18(5)27-22(20)12-24(21)29-26(19)25(14)23-10-15(2)17(4)13-28(23)6/h3*7-13H,1-6H3/q3*+1/i2D3,4D3;4D3;3D3,4D3. The van der Waals surface area contributed by atoms with E-state index in [2.05, 4.69) is 48.1 Å². The highest BCUT2D eigenvalue weighted by Crippen LogP contribution is 2.43. The SMILES string of the molecule is [2H]C([2H])([2H])c1c[n+](C)c(-c2c(C)cc(C([2H])([2H])[2H])c3c2oc2cc4nc(C)ccc4cc23)cc1C.[2H]C([2H])([2H])c1c[n+](C)c(-c2c(C)ccc3c2oc2cc4nc(C)c(C)cc4cc23)cc1C.[2H]C([2H])([2H])c1c[n+](C)c(-c2c(C)ccc3c2oc2cc4nc(C)cc(C([2H])([2H])[2H])c4cc23)cc1C. The number of hydrogen-bond acceptors (Lipinski definition) is 6. The third-order valence-corrected chi connectivity index (χ3v) is 17.2. The maximum absolute atomic E-state index is 8.22. The molecule has 9 nitrogen and oxygen atoms in total. The number of pyridine rings is 6. The van der Waals surface area contributed by atoms with Crippen LogP contribution in [0, 0.1) is 103 Å². The number of aryl methyl sites for hydroxylation is 18. The topological polar surface area (TPSA) is 89.7 Å². The number of hydrogen-bond donors (Lipinski definition) is 0. The molecule has 0 fully saturated rings. The predicted molar refractivity (Wildman–Crippen MR) is 358 cm³/mol. The molecule has 0 aliphatic rings. The highest BCUT2D eigenvalue weighted by atomic mass is 16.3. The molecule has 0 aliphatic carbocycles. The molecule has 9 aromatic heterocycles. The molecule has 87 heavy (non-hydrogen) atoms. The van der Waals surface area contributed by atoms with Crippen molar-refractivity contribution in [1.29, 1.82) is 0 Å². The summed E-state index contributed by atoms with van der Waals surface area (Å²) in [6, 6.07) is 34.8. The van der Waals surface area contributed by atoms with Crippen LogP contribution in [-0.2, 0) is 21.1 Å². The molecule has 15 rings (SSSR count). The lowest BCUT2D eigenvalue weighted by Gasteiger charge is -2.09. The van der Waals surface area contributed by atoms with E-state index < -0.39 is 34.3 Å². The maximum Gasteiger partial charge on any atom is 0.216 e. The molecule has 0 unspecified atom stereocenters. The lowest BCUT2D eigenvalue weighted by atomic mass is 9.95. The van der Waals surface area contributed by atoms with Gasteiger partial charge in [0.25, 0.3) is 0 Å². The van der Waals surface area contributed by atoms with Gasteiger partial charge in [-0.25, -0.2) is 13.7 Å². The lowest BCUT2D eigenvalue weighted by Crippen LogP contribution is -2.31. The monoisotopic (exact) mass is 1160 g/mol. The molecular formula is C78H75N6O3+3. The van der Waals surface area contributed by atoms with Gasteiger partial charge in [0, 0.05) is 139 Å². The van der Waals surface area contributed by atoms with Crippen LogP contribution in [0.1, 0.15) is 104 Å². The minimum Gasteiger partial charge on any atom is -0.455 e. The van der Waals surface area contributed by atoms with Gasteiger partial charge < -0.3 is 13.3 Å². The van der Waals surface area contributed by atoms with Crippen LogP contribution in [0.25, 0.3) is 132 Å². The second-order valence-electron chi connectivity index (χ2n) is 23.6. The van der Waals surface area contributed by atoms with Crippen LogP contribution in [0.2, 0.25) is 0 Å². The zero-order valence-corrected chi connectivity index (χ0v) is 51.0. The van der Waals surface area contributed by atoms with Crippen LogP contribution in [0.5, 0.6) is 0 Å². The summed E-state index contributed by atoms with van der Waals surface area (Å²) in [7, 11) is 5.50. The van der Waals surface area contributed by atoms with Crippen LogP contribution in [0.4, 0.5) is 0 Å². The summed E-state index contributed by atoms with van der Waals surface area (Å²) in [6.45, 7) is 7.92. The zero-order valence-electron chi connectivity index (χ0n) is 66.0. The zero-order chi connectivity index (χ0) is 73.8. The summed E-state index contributed by atoms with van der Waals surface area (Å²) in [6.07, 6.45) is 4.98. The van der Waals surface area contributed by atoms with Crippen molar-refractivity contribution in [2.45, 2.75) is 103 Å². The highest BCUT2D eigenvalue weighted by Gasteiger charge is 2.26. The molecule has 0 aliphatic heterocycles. The van der Waals surface area contributed by atoms with Crippen molar-refractivity contribution >= 4 is 98.5 Å². The fourth-order valence-electron chi connectivity index (χ4n) is 12.3. The Labute approximate surface area is 529 Å². The molecule has 0 saturated carbocycles. The van der Waals surface area contributed by atoms with Crippen LogP contribution in [0.3, 0.4) is 0 Å². The van der Waals surface area contributed by atoms with E-state index >= 15 is 0 Å². The molecule has 9 heterocycles.